The van der Waals surface area contributed by atoms with E-state index in [2.05, 4.69) is 29.7 Å². The second-order valence-corrected chi connectivity index (χ2v) is 14.2. The quantitative estimate of drug-likeness (QED) is 0.244. The third-order valence-corrected chi connectivity index (χ3v) is 9.94. The summed E-state index contributed by atoms with van der Waals surface area (Å²) in [7, 11) is 1.63. The second-order valence-electron chi connectivity index (χ2n) is 14.2. The number of methoxy groups -OCH3 is 1. The number of likely N-dealkylation sites (tertiary alicyclic amines) is 1. The number of ether oxygens (including phenoxy) is 1. The summed E-state index contributed by atoms with van der Waals surface area (Å²) < 4.78 is 10.1. The lowest BCUT2D eigenvalue weighted by Crippen LogP contribution is -2.41. The molecule has 1 aliphatic carbocycles. The van der Waals surface area contributed by atoms with E-state index in [-0.39, 0.29) is 29.9 Å². The van der Waals surface area contributed by atoms with Crippen molar-refractivity contribution in [1.29, 1.82) is 0 Å². The molecule has 246 valence electrons. The van der Waals surface area contributed by atoms with Crippen LogP contribution in [0.25, 0.3) is 28.1 Å². The molecule has 5 heterocycles. The van der Waals surface area contributed by atoms with Gasteiger partial charge < -0.3 is 24.8 Å². The predicted octanol–water partition coefficient (Wildman–Crippen LogP) is 5.99. The van der Waals surface area contributed by atoms with Crippen molar-refractivity contribution in [1.82, 2.24) is 28.7 Å². The Labute approximate surface area is 271 Å². The monoisotopic (exact) mass is 627 g/mol. The number of nitrogens with zero attached hydrogens (tertiary/aromatic N) is 6. The summed E-state index contributed by atoms with van der Waals surface area (Å²) in [5.41, 5.74) is 11.5. The van der Waals surface area contributed by atoms with Gasteiger partial charge in [0.1, 0.15) is 17.0 Å². The molecule has 4 aromatic heterocycles. The van der Waals surface area contributed by atoms with Crippen LogP contribution in [0.4, 0.5) is 0 Å². The van der Waals surface area contributed by atoms with Crippen molar-refractivity contribution in [3.05, 3.63) is 47.3 Å². The Balaban J connectivity index is 1.46. The number of rotatable bonds is 9. The van der Waals surface area contributed by atoms with E-state index in [1.165, 1.54) is 12.8 Å². The summed E-state index contributed by atoms with van der Waals surface area (Å²) >= 11 is 0. The van der Waals surface area contributed by atoms with Gasteiger partial charge in [-0.25, -0.2) is 9.97 Å². The summed E-state index contributed by atoms with van der Waals surface area (Å²) in [6.45, 7) is 16.3. The molecule has 0 aromatic carbocycles. The van der Waals surface area contributed by atoms with Crippen molar-refractivity contribution in [2.24, 2.45) is 17.1 Å². The molecule has 46 heavy (non-hydrogen) atoms. The normalized spacial score (nSPS) is 19.3. The van der Waals surface area contributed by atoms with Gasteiger partial charge in [0, 0.05) is 54.1 Å². The number of hydrogen-bond acceptors (Lipinski definition) is 6. The largest absolute Gasteiger partial charge is 0.482 e. The maximum atomic E-state index is 13.6. The zero-order valence-electron chi connectivity index (χ0n) is 28.6. The fourth-order valence-corrected chi connectivity index (χ4v) is 7.00. The van der Waals surface area contributed by atoms with Crippen LogP contribution in [0, 0.1) is 18.3 Å². The first-order valence-electron chi connectivity index (χ1n) is 16.8. The third-order valence-electron chi connectivity index (χ3n) is 9.94. The molecular weight excluding hydrogens is 578 g/mol. The fourth-order valence-electron chi connectivity index (χ4n) is 7.00. The Hall–Kier alpha value is -3.92. The van der Waals surface area contributed by atoms with Crippen molar-refractivity contribution in [3.8, 4) is 17.3 Å². The number of aromatic nitrogens is 4. The van der Waals surface area contributed by atoms with Crippen LogP contribution in [0.1, 0.15) is 95.0 Å². The molecule has 2 N–H and O–H groups in total. The average molecular weight is 628 g/mol. The standard InChI is InChI=1S/C36H49N7O3/c1-9-28(40(10-2)35(45)36(5,6)7)27-14-13-24-17-29(42(33(24)38-27)20-23-11-12-23)32-22(4)43-30(39-32)18-25(19-31(43)46-8)34(44)41-16-15-26(37)21(41)3/h13-14,17-19,21,23,26,28H,9-12,15-16,20,37H2,1-8H3. The first-order chi connectivity index (χ1) is 21.9. The first-order valence-corrected chi connectivity index (χ1v) is 16.8. The van der Waals surface area contributed by atoms with Crippen LogP contribution < -0.4 is 10.5 Å². The van der Waals surface area contributed by atoms with Crippen molar-refractivity contribution in [2.45, 2.75) is 98.8 Å². The molecule has 10 heteroatoms. The zero-order chi connectivity index (χ0) is 33.1. The molecule has 1 aliphatic heterocycles. The van der Waals surface area contributed by atoms with Crippen molar-refractivity contribution < 1.29 is 14.3 Å². The lowest BCUT2D eigenvalue weighted by molar-refractivity contribution is -0.142. The average Bonchev–Trinajstić information content (AvgIpc) is 3.59. The minimum atomic E-state index is -0.474. The van der Waals surface area contributed by atoms with Crippen molar-refractivity contribution >= 4 is 28.5 Å². The summed E-state index contributed by atoms with van der Waals surface area (Å²) in [5, 5.41) is 1.04. The van der Waals surface area contributed by atoms with Gasteiger partial charge >= 0.3 is 0 Å². The SMILES string of the molecule is CCC(c1ccc2cc(-c3nc4cc(C(=O)N5CCC(N)C5C)cc(OC)n4c3C)n(CC3CC3)c2n1)N(CC)C(=O)C(C)(C)C. The maximum Gasteiger partial charge on any atom is 0.254 e. The third kappa shape index (κ3) is 5.54. The number of carbonyl (C=O) groups excluding carboxylic acids is 2. The Kier molecular flexibility index (Phi) is 8.38. The number of imidazole rings is 1. The summed E-state index contributed by atoms with van der Waals surface area (Å²) in [4.78, 5) is 41.2. The van der Waals surface area contributed by atoms with Gasteiger partial charge in [-0.1, -0.05) is 27.7 Å². The van der Waals surface area contributed by atoms with Gasteiger partial charge in [-0.2, -0.15) is 0 Å². The van der Waals surface area contributed by atoms with E-state index in [9.17, 15) is 9.59 Å². The van der Waals surface area contributed by atoms with Crippen LogP contribution in [0.5, 0.6) is 5.88 Å². The maximum absolute atomic E-state index is 13.6. The highest BCUT2D eigenvalue weighted by Crippen LogP contribution is 2.38. The Bertz CT molecular complexity index is 1790. The molecule has 0 spiro atoms. The van der Waals surface area contributed by atoms with Gasteiger partial charge in [-0.05, 0) is 76.6 Å². The fraction of sp³-hybridized carbons (Fsp3) is 0.556. The molecule has 1 saturated carbocycles. The highest BCUT2D eigenvalue weighted by atomic mass is 16.5. The number of pyridine rings is 2. The summed E-state index contributed by atoms with van der Waals surface area (Å²) in [6, 6.07) is 9.89. The van der Waals surface area contributed by atoms with E-state index in [4.69, 9.17) is 20.4 Å². The topological polar surface area (TPSA) is 111 Å². The lowest BCUT2D eigenvalue weighted by atomic mass is 9.93. The zero-order valence-corrected chi connectivity index (χ0v) is 28.6. The minimum Gasteiger partial charge on any atom is -0.482 e. The molecule has 2 fully saturated rings. The van der Waals surface area contributed by atoms with E-state index >= 15 is 0 Å². The molecule has 2 amide bonds. The Morgan fingerprint density at radius 3 is 2.43 bits per heavy atom. The van der Waals surface area contributed by atoms with Crippen LogP contribution in [0.2, 0.25) is 0 Å². The van der Waals surface area contributed by atoms with Gasteiger partial charge in [-0.3, -0.25) is 14.0 Å². The van der Waals surface area contributed by atoms with Crippen LogP contribution in [-0.4, -0.2) is 72.8 Å². The first kappa shape index (κ1) is 32.0. The molecule has 0 bridgehead atoms. The molecule has 10 nitrogen and oxygen atoms in total. The van der Waals surface area contributed by atoms with Crippen LogP contribution >= 0.6 is 0 Å². The Morgan fingerprint density at radius 2 is 1.85 bits per heavy atom. The van der Waals surface area contributed by atoms with Gasteiger partial charge in [0.2, 0.25) is 5.91 Å². The molecule has 1 saturated heterocycles. The molecule has 3 unspecified atom stereocenters. The van der Waals surface area contributed by atoms with Gasteiger partial charge in [-0.15, -0.1) is 0 Å². The van der Waals surface area contributed by atoms with E-state index in [0.29, 0.717) is 36.1 Å². The van der Waals surface area contributed by atoms with Crippen LogP contribution in [0.15, 0.2) is 30.3 Å². The van der Waals surface area contributed by atoms with Crippen LogP contribution in [0.3, 0.4) is 0 Å². The molecule has 3 atom stereocenters. The summed E-state index contributed by atoms with van der Waals surface area (Å²) in [6.07, 6.45) is 3.96. The van der Waals surface area contributed by atoms with Gasteiger partial charge in [0.15, 0.2) is 5.88 Å². The Morgan fingerprint density at radius 1 is 1.11 bits per heavy atom. The predicted molar refractivity (Wildman–Crippen MR) is 181 cm³/mol. The number of aryl methyl sites for hydroxylation is 1. The summed E-state index contributed by atoms with van der Waals surface area (Å²) in [5.74, 6) is 1.24. The number of nitrogens with two attached hydrogens (primary N) is 1. The highest BCUT2D eigenvalue weighted by molar-refractivity contribution is 5.96. The molecule has 4 aromatic rings. The highest BCUT2D eigenvalue weighted by Gasteiger charge is 2.34. The smallest absolute Gasteiger partial charge is 0.254 e. The molecule has 2 aliphatic rings. The minimum absolute atomic E-state index is 0.0195. The number of amides is 2. The number of fused-ring (bicyclic) bond motifs is 2. The van der Waals surface area contributed by atoms with Crippen molar-refractivity contribution in [3.63, 3.8) is 0 Å². The molecular formula is C36H49N7O3. The van der Waals surface area contributed by atoms with E-state index < -0.39 is 5.41 Å². The van der Waals surface area contributed by atoms with E-state index in [1.807, 2.05) is 61.8 Å². The number of carbonyl (C=O) groups is 2. The molecule has 0 radical (unpaired) electrons. The van der Waals surface area contributed by atoms with E-state index in [0.717, 1.165) is 53.2 Å². The van der Waals surface area contributed by atoms with Gasteiger partial charge in [0.25, 0.3) is 5.91 Å². The number of hydrogen-bond donors (Lipinski definition) is 1. The lowest BCUT2D eigenvalue weighted by Gasteiger charge is -2.34. The second kappa shape index (κ2) is 12.0. The van der Waals surface area contributed by atoms with Crippen LogP contribution in [-0.2, 0) is 11.3 Å². The van der Waals surface area contributed by atoms with Crippen molar-refractivity contribution in [2.75, 3.05) is 20.2 Å². The molecule has 6 rings (SSSR count). The van der Waals surface area contributed by atoms with E-state index in [1.54, 1.807) is 13.2 Å². The van der Waals surface area contributed by atoms with Gasteiger partial charge in [0.05, 0.1) is 30.2 Å².